The fraction of sp³-hybridized carbons (Fsp3) is 0.429. The summed E-state index contributed by atoms with van der Waals surface area (Å²) in [5.74, 6) is 0.248. The molecule has 0 fully saturated rings. The average Bonchev–Trinajstić information content (AvgIpc) is 2.67. The molecule has 0 aliphatic carbocycles. The van der Waals surface area contributed by atoms with Gasteiger partial charge in [0.1, 0.15) is 11.4 Å². The summed E-state index contributed by atoms with van der Waals surface area (Å²) in [6, 6.07) is 5.91. The largest absolute Gasteiger partial charge is 0.368 e. The molecule has 1 aromatic carbocycles. The fourth-order valence-electron chi connectivity index (χ4n) is 2.17. The molecule has 1 atom stereocenters. The number of benzene rings is 1. The van der Waals surface area contributed by atoms with Crippen LogP contribution in [0.4, 0.5) is 0 Å². The Morgan fingerprint density at radius 1 is 1.47 bits per heavy atom. The van der Waals surface area contributed by atoms with Crippen LogP contribution in [-0.4, -0.2) is 15.5 Å². The van der Waals surface area contributed by atoms with Crippen LogP contribution in [-0.2, 0) is 10.3 Å². The van der Waals surface area contributed by atoms with Crippen molar-refractivity contribution >= 4 is 28.5 Å². The molecular weight excluding hydrogens is 262 g/mol. The van der Waals surface area contributed by atoms with Crippen LogP contribution >= 0.6 is 11.6 Å². The van der Waals surface area contributed by atoms with Crippen LogP contribution in [0.1, 0.15) is 37.5 Å². The minimum absolute atomic E-state index is 0.300. The molecule has 102 valence electrons. The summed E-state index contributed by atoms with van der Waals surface area (Å²) in [4.78, 5) is 16.3. The van der Waals surface area contributed by atoms with Gasteiger partial charge in [-0.1, -0.05) is 6.07 Å². The lowest BCUT2D eigenvalue weighted by Gasteiger charge is -2.26. The van der Waals surface area contributed by atoms with Crippen LogP contribution in [0.15, 0.2) is 18.2 Å². The van der Waals surface area contributed by atoms with E-state index in [9.17, 15) is 4.79 Å². The van der Waals surface area contributed by atoms with Gasteiger partial charge in [0.05, 0.1) is 16.4 Å². The molecule has 4 nitrogen and oxygen atoms in total. The van der Waals surface area contributed by atoms with Crippen molar-refractivity contribution in [3.63, 3.8) is 0 Å². The molecule has 19 heavy (non-hydrogen) atoms. The molecule has 1 heterocycles. The van der Waals surface area contributed by atoms with E-state index in [4.69, 9.17) is 17.3 Å². The van der Waals surface area contributed by atoms with E-state index in [-0.39, 0.29) is 5.38 Å². The second-order valence-corrected chi connectivity index (χ2v) is 5.99. The van der Waals surface area contributed by atoms with E-state index >= 15 is 0 Å². The van der Waals surface area contributed by atoms with E-state index < -0.39 is 11.4 Å². The molecule has 2 N–H and O–H groups in total. The number of nitrogens with two attached hydrogens (primary N) is 1. The topological polar surface area (TPSA) is 60.9 Å². The van der Waals surface area contributed by atoms with E-state index in [0.717, 1.165) is 16.6 Å². The van der Waals surface area contributed by atoms with Gasteiger partial charge in [-0.05, 0) is 45.4 Å². The lowest BCUT2D eigenvalue weighted by molar-refractivity contribution is -0.125. The van der Waals surface area contributed by atoms with Gasteiger partial charge < -0.3 is 10.3 Å². The van der Waals surface area contributed by atoms with Crippen LogP contribution in [0.5, 0.6) is 0 Å². The number of carbonyl (C=O) groups excluding carboxylic acids is 1. The van der Waals surface area contributed by atoms with Crippen LogP contribution in [0, 0.1) is 6.92 Å². The van der Waals surface area contributed by atoms with Gasteiger partial charge in [0, 0.05) is 0 Å². The summed E-state index contributed by atoms with van der Waals surface area (Å²) < 4.78 is 1.84. The van der Waals surface area contributed by atoms with Crippen LogP contribution in [0.3, 0.4) is 0 Å². The Bertz CT molecular complexity index is 643. The Balaban J connectivity index is 2.85. The van der Waals surface area contributed by atoms with Crippen LogP contribution in [0.2, 0.25) is 0 Å². The Morgan fingerprint density at radius 3 is 2.63 bits per heavy atom. The molecular formula is C14H18ClN3O. The second-order valence-electron chi connectivity index (χ2n) is 5.34. The SMILES string of the molecule is Cc1ccc2nc(C(C)Cl)n(C(C)(C)C(N)=O)c2c1. The van der Waals surface area contributed by atoms with E-state index in [0.29, 0.717) is 5.82 Å². The standard InChI is InChI=1S/C14H18ClN3O/c1-8-5-6-10-11(7-8)18(12(17-10)9(2)15)14(3,4)13(16)19/h5-7,9H,1-4H3,(H2,16,19). The first-order chi connectivity index (χ1) is 8.75. The first-order valence-corrected chi connectivity index (χ1v) is 6.62. The Labute approximate surface area is 117 Å². The highest BCUT2D eigenvalue weighted by Gasteiger charge is 2.32. The summed E-state index contributed by atoms with van der Waals surface area (Å²) >= 11 is 6.19. The quantitative estimate of drug-likeness (QED) is 0.878. The number of primary amides is 1. The van der Waals surface area contributed by atoms with Crippen molar-refractivity contribution in [2.24, 2.45) is 5.73 Å². The molecule has 1 aromatic heterocycles. The highest BCUT2D eigenvalue weighted by Crippen LogP contribution is 2.31. The molecule has 0 spiro atoms. The van der Waals surface area contributed by atoms with Gasteiger partial charge in [-0.25, -0.2) is 4.98 Å². The molecule has 2 aromatic rings. The lowest BCUT2D eigenvalue weighted by atomic mass is 10.0. The molecule has 0 radical (unpaired) electrons. The van der Waals surface area contributed by atoms with Gasteiger partial charge in [0.15, 0.2) is 0 Å². The third-order valence-electron chi connectivity index (χ3n) is 3.35. The normalized spacial score (nSPS) is 13.7. The molecule has 0 saturated heterocycles. The summed E-state index contributed by atoms with van der Waals surface area (Å²) in [6.45, 7) is 7.39. The van der Waals surface area contributed by atoms with Gasteiger partial charge >= 0.3 is 0 Å². The third kappa shape index (κ3) is 2.21. The first-order valence-electron chi connectivity index (χ1n) is 6.18. The fourth-order valence-corrected chi connectivity index (χ4v) is 2.31. The van der Waals surface area contributed by atoms with Gasteiger partial charge in [-0.15, -0.1) is 11.6 Å². The van der Waals surface area contributed by atoms with Crippen molar-refractivity contribution in [1.29, 1.82) is 0 Å². The molecule has 0 aliphatic heterocycles. The molecule has 2 rings (SSSR count). The molecule has 0 aliphatic rings. The number of nitrogens with zero attached hydrogens (tertiary/aromatic N) is 2. The predicted molar refractivity (Wildman–Crippen MR) is 77.3 cm³/mol. The Morgan fingerprint density at radius 2 is 2.11 bits per heavy atom. The first kappa shape index (κ1) is 13.9. The molecule has 0 saturated carbocycles. The molecule has 1 unspecified atom stereocenters. The van der Waals surface area contributed by atoms with Crippen molar-refractivity contribution in [2.45, 2.75) is 38.6 Å². The maximum absolute atomic E-state index is 11.8. The van der Waals surface area contributed by atoms with Crippen molar-refractivity contribution in [3.8, 4) is 0 Å². The lowest BCUT2D eigenvalue weighted by Crippen LogP contribution is -2.42. The number of carbonyl (C=O) groups is 1. The number of hydrogen-bond donors (Lipinski definition) is 1. The monoisotopic (exact) mass is 279 g/mol. The zero-order valence-electron chi connectivity index (χ0n) is 11.6. The minimum Gasteiger partial charge on any atom is -0.368 e. The molecule has 0 bridgehead atoms. The number of imidazole rings is 1. The van der Waals surface area contributed by atoms with Gasteiger partial charge in [-0.2, -0.15) is 0 Å². The van der Waals surface area contributed by atoms with E-state index in [1.54, 1.807) is 13.8 Å². The smallest absolute Gasteiger partial charge is 0.243 e. The predicted octanol–water partition coefficient (Wildman–Crippen LogP) is 2.86. The molecule has 5 heteroatoms. The summed E-state index contributed by atoms with van der Waals surface area (Å²) in [6.07, 6.45) is 0. The number of hydrogen-bond acceptors (Lipinski definition) is 2. The summed E-state index contributed by atoms with van der Waals surface area (Å²) in [7, 11) is 0. The Hall–Kier alpha value is -1.55. The van der Waals surface area contributed by atoms with E-state index in [1.165, 1.54) is 0 Å². The van der Waals surface area contributed by atoms with Crippen molar-refractivity contribution in [3.05, 3.63) is 29.6 Å². The van der Waals surface area contributed by atoms with E-state index in [2.05, 4.69) is 4.98 Å². The Kier molecular flexibility index (Phi) is 3.31. The number of amides is 1. The zero-order chi connectivity index (χ0) is 14.4. The van der Waals surface area contributed by atoms with Gasteiger partial charge in [0.2, 0.25) is 5.91 Å². The number of aryl methyl sites for hydroxylation is 1. The highest BCUT2D eigenvalue weighted by molar-refractivity contribution is 6.20. The van der Waals surface area contributed by atoms with Crippen molar-refractivity contribution in [1.82, 2.24) is 9.55 Å². The number of fused-ring (bicyclic) bond motifs is 1. The van der Waals surface area contributed by atoms with E-state index in [1.807, 2.05) is 36.6 Å². The summed E-state index contributed by atoms with van der Waals surface area (Å²) in [5.41, 5.74) is 7.46. The van der Waals surface area contributed by atoms with Gasteiger partial charge in [0.25, 0.3) is 0 Å². The number of aromatic nitrogens is 2. The highest BCUT2D eigenvalue weighted by atomic mass is 35.5. The second kappa shape index (κ2) is 4.53. The minimum atomic E-state index is -0.874. The van der Waals surface area contributed by atoms with Gasteiger partial charge in [-0.3, -0.25) is 4.79 Å². The van der Waals surface area contributed by atoms with Crippen LogP contribution < -0.4 is 5.73 Å². The number of alkyl halides is 1. The average molecular weight is 280 g/mol. The number of rotatable bonds is 3. The third-order valence-corrected chi connectivity index (χ3v) is 3.55. The maximum Gasteiger partial charge on any atom is 0.243 e. The van der Waals surface area contributed by atoms with Crippen molar-refractivity contribution < 1.29 is 4.79 Å². The molecule has 1 amide bonds. The maximum atomic E-state index is 11.8. The zero-order valence-corrected chi connectivity index (χ0v) is 12.3. The number of halogens is 1. The summed E-state index contributed by atoms with van der Waals surface area (Å²) in [5, 5.41) is -0.300. The van der Waals surface area contributed by atoms with Crippen molar-refractivity contribution in [2.75, 3.05) is 0 Å². The van der Waals surface area contributed by atoms with Crippen LogP contribution in [0.25, 0.3) is 11.0 Å².